The zero-order valence-corrected chi connectivity index (χ0v) is 10.3. The number of hydrogen-bond donors (Lipinski definition) is 0. The molecule has 92 valence electrons. The van der Waals surface area contributed by atoms with Crippen molar-refractivity contribution in [3.8, 4) is 0 Å². The highest BCUT2D eigenvalue weighted by atomic mass is 32.2. The third-order valence-electron chi connectivity index (χ3n) is 2.88. The van der Waals surface area contributed by atoms with Gasteiger partial charge in [0.15, 0.2) is 0 Å². The van der Waals surface area contributed by atoms with Gasteiger partial charge in [0.05, 0.1) is 4.90 Å². The summed E-state index contributed by atoms with van der Waals surface area (Å²) in [6.07, 6.45) is 1.43. The van der Waals surface area contributed by atoms with Crippen LogP contribution in [0.5, 0.6) is 0 Å². The molecule has 2 rings (SSSR count). The fourth-order valence-corrected chi connectivity index (χ4v) is 3.42. The van der Waals surface area contributed by atoms with Gasteiger partial charge >= 0.3 is 0 Å². The van der Waals surface area contributed by atoms with E-state index in [1.165, 1.54) is 4.31 Å². The van der Waals surface area contributed by atoms with E-state index in [0.717, 1.165) is 0 Å². The van der Waals surface area contributed by atoms with Gasteiger partial charge in [0.2, 0.25) is 10.0 Å². The molecule has 0 spiro atoms. The molecule has 0 aromatic heterocycles. The van der Waals surface area contributed by atoms with E-state index in [4.69, 9.17) is 0 Å². The summed E-state index contributed by atoms with van der Waals surface area (Å²) in [6, 6.07) is 8.36. The van der Waals surface area contributed by atoms with E-state index in [1.807, 2.05) is 0 Å². The first-order chi connectivity index (χ1) is 8.10. The Balaban J connectivity index is 2.24. The van der Waals surface area contributed by atoms with Crippen molar-refractivity contribution in [1.29, 1.82) is 0 Å². The molecule has 1 saturated heterocycles. The Hall–Kier alpha value is -1.20. The van der Waals surface area contributed by atoms with Gasteiger partial charge < -0.3 is 0 Å². The Bertz CT molecular complexity index is 496. The lowest BCUT2D eigenvalue weighted by Crippen LogP contribution is -2.32. The van der Waals surface area contributed by atoms with Crippen LogP contribution in [-0.2, 0) is 14.8 Å². The Morgan fingerprint density at radius 3 is 2.41 bits per heavy atom. The molecular weight excluding hydrogens is 238 g/mol. The number of benzene rings is 1. The number of sulfonamides is 1. The molecule has 5 heteroatoms. The van der Waals surface area contributed by atoms with Crippen LogP contribution in [0.3, 0.4) is 0 Å². The number of rotatable bonds is 2. The highest BCUT2D eigenvalue weighted by Gasteiger charge is 2.26. The topological polar surface area (TPSA) is 54.5 Å². The van der Waals surface area contributed by atoms with E-state index < -0.39 is 10.0 Å². The van der Waals surface area contributed by atoms with E-state index in [0.29, 0.717) is 37.2 Å². The second-order valence-electron chi connectivity index (χ2n) is 4.11. The van der Waals surface area contributed by atoms with Crippen LogP contribution >= 0.6 is 0 Å². The standard InChI is InChI=1S/C12H15NO3S/c14-11-5-4-9-13(10-8-11)17(15,16)12-6-2-1-3-7-12/h1-3,6-7H,4-5,8-10H2. The Morgan fingerprint density at radius 2 is 1.71 bits per heavy atom. The van der Waals surface area contributed by atoms with Crippen molar-refractivity contribution >= 4 is 15.8 Å². The second-order valence-corrected chi connectivity index (χ2v) is 6.05. The maximum atomic E-state index is 12.3. The van der Waals surface area contributed by atoms with Gasteiger partial charge in [-0.15, -0.1) is 0 Å². The minimum Gasteiger partial charge on any atom is -0.300 e. The van der Waals surface area contributed by atoms with E-state index in [-0.39, 0.29) is 5.78 Å². The number of ketones is 1. The zero-order valence-electron chi connectivity index (χ0n) is 9.50. The summed E-state index contributed by atoms with van der Waals surface area (Å²) in [5.41, 5.74) is 0. The first kappa shape index (κ1) is 12.3. The summed E-state index contributed by atoms with van der Waals surface area (Å²) in [5.74, 6) is 0.149. The minimum absolute atomic E-state index is 0.149. The van der Waals surface area contributed by atoms with Crippen molar-refractivity contribution in [3.63, 3.8) is 0 Å². The fraction of sp³-hybridized carbons (Fsp3) is 0.417. The average Bonchev–Trinajstić information content (AvgIpc) is 2.55. The monoisotopic (exact) mass is 253 g/mol. The highest BCUT2D eigenvalue weighted by molar-refractivity contribution is 7.89. The van der Waals surface area contributed by atoms with Crippen LogP contribution < -0.4 is 0 Å². The van der Waals surface area contributed by atoms with Gasteiger partial charge in [-0.05, 0) is 18.6 Å². The van der Waals surface area contributed by atoms with Gasteiger partial charge in [-0.2, -0.15) is 4.31 Å². The molecule has 0 N–H and O–H groups in total. The van der Waals surface area contributed by atoms with Crippen LogP contribution in [0.15, 0.2) is 35.2 Å². The van der Waals surface area contributed by atoms with Crippen molar-refractivity contribution < 1.29 is 13.2 Å². The van der Waals surface area contributed by atoms with Crippen LogP contribution in [0.25, 0.3) is 0 Å². The fourth-order valence-electron chi connectivity index (χ4n) is 1.92. The minimum atomic E-state index is -3.43. The molecule has 0 unspecified atom stereocenters. The van der Waals surface area contributed by atoms with Gasteiger partial charge in [-0.25, -0.2) is 8.42 Å². The first-order valence-corrected chi connectivity index (χ1v) is 7.11. The summed E-state index contributed by atoms with van der Waals surface area (Å²) in [5, 5.41) is 0. The molecule has 1 aliphatic heterocycles. The zero-order chi connectivity index (χ0) is 12.3. The lowest BCUT2D eigenvalue weighted by molar-refractivity contribution is -0.118. The van der Waals surface area contributed by atoms with Gasteiger partial charge in [-0.3, -0.25) is 4.79 Å². The molecule has 1 aliphatic rings. The largest absolute Gasteiger partial charge is 0.300 e. The maximum absolute atomic E-state index is 12.3. The van der Waals surface area contributed by atoms with Crippen LogP contribution in [0.4, 0.5) is 0 Å². The molecule has 0 atom stereocenters. The normalized spacial score (nSPS) is 18.9. The van der Waals surface area contributed by atoms with Gasteiger partial charge in [-0.1, -0.05) is 18.2 Å². The SMILES string of the molecule is O=C1CCCN(S(=O)(=O)c2ccccc2)CC1. The Morgan fingerprint density at radius 1 is 1.00 bits per heavy atom. The predicted molar refractivity (Wildman–Crippen MR) is 64.1 cm³/mol. The summed E-state index contributed by atoms with van der Waals surface area (Å²) in [4.78, 5) is 11.6. The molecule has 0 bridgehead atoms. The number of Topliss-reactive ketones (excluding diaryl/α,β-unsaturated/α-hetero) is 1. The molecule has 1 fully saturated rings. The predicted octanol–water partition coefficient (Wildman–Crippen LogP) is 1.43. The van der Waals surface area contributed by atoms with Crippen molar-refractivity contribution in [2.75, 3.05) is 13.1 Å². The van der Waals surface area contributed by atoms with Gasteiger partial charge in [0, 0.05) is 25.9 Å². The van der Waals surface area contributed by atoms with E-state index >= 15 is 0 Å². The molecule has 0 radical (unpaired) electrons. The summed E-state index contributed by atoms with van der Waals surface area (Å²) >= 11 is 0. The smallest absolute Gasteiger partial charge is 0.243 e. The van der Waals surface area contributed by atoms with Gasteiger partial charge in [0.1, 0.15) is 5.78 Å². The maximum Gasteiger partial charge on any atom is 0.243 e. The van der Waals surface area contributed by atoms with Crippen LogP contribution in [0, 0.1) is 0 Å². The molecule has 0 aliphatic carbocycles. The third-order valence-corrected chi connectivity index (χ3v) is 4.80. The lowest BCUT2D eigenvalue weighted by atomic mass is 10.2. The van der Waals surface area contributed by atoms with Crippen molar-refractivity contribution in [2.45, 2.75) is 24.2 Å². The Labute approximate surface area is 101 Å². The quantitative estimate of drug-likeness (QED) is 0.801. The summed E-state index contributed by atoms with van der Waals surface area (Å²) in [7, 11) is -3.43. The molecule has 4 nitrogen and oxygen atoms in total. The molecule has 1 heterocycles. The number of carbonyl (C=O) groups is 1. The second kappa shape index (κ2) is 4.98. The molecule has 0 amide bonds. The Kier molecular flexibility index (Phi) is 3.59. The van der Waals surface area contributed by atoms with Crippen molar-refractivity contribution in [3.05, 3.63) is 30.3 Å². The van der Waals surface area contributed by atoms with E-state index in [2.05, 4.69) is 0 Å². The molecule has 1 aromatic carbocycles. The lowest BCUT2D eigenvalue weighted by Gasteiger charge is -2.19. The highest BCUT2D eigenvalue weighted by Crippen LogP contribution is 2.18. The summed E-state index contributed by atoms with van der Waals surface area (Å²) < 4.78 is 25.9. The summed E-state index contributed by atoms with van der Waals surface area (Å²) in [6.45, 7) is 0.735. The van der Waals surface area contributed by atoms with Crippen molar-refractivity contribution in [2.24, 2.45) is 0 Å². The molecule has 0 saturated carbocycles. The molecular formula is C12H15NO3S. The average molecular weight is 253 g/mol. The van der Waals surface area contributed by atoms with Crippen LogP contribution in [-0.4, -0.2) is 31.6 Å². The van der Waals surface area contributed by atoms with Crippen LogP contribution in [0.2, 0.25) is 0 Å². The van der Waals surface area contributed by atoms with E-state index in [1.54, 1.807) is 30.3 Å². The molecule has 17 heavy (non-hydrogen) atoms. The third kappa shape index (κ3) is 2.73. The van der Waals surface area contributed by atoms with E-state index in [9.17, 15) is 13.2 Å². The number of nitrogens with zero attached hydrogens (tertiary/aromatic N) is 1. The number of hydrogen-bond acceptors (Lipinski definition) is 3. The van der Waals surface area contributed by atoms with Gasteiger partial charge in [0.25, 0.3) is 0 Å². The number of carbonyl (C=O) groups excluding carboxylic acids is 1. The first-order valence-electron chi connectivity index (χ1n) is 5.67. The van der Waals surface area contributed by atoms with Crippen molar-refractivity contribution in [1.82, 2.24) is 4.31 Å². The van der Waals surface area contributed by atoms with Crippen LogP contribution in [0.1, 0.15) is 19.3 Å². The molecule has 1 aromatic rings.